The zero-order valence-corrected chi connectivity index (χ0v) is 10.8. The van der Waals surface area contributed by atoms with E-state index in [1.165, 1.54) is 11.3 Å². The lowest BCUT2D eigenvalue weighted by Crippen LogP contribution is -2.13. The standard InChI is InChI=1S/C11H7BrF3NS/c12-6-1-2-17-11(6)10(16)5-3-8(14)9(15)4-7(5)13/h1-4,10H,16H2. The van der Waals surface area contributed by atoms with Crippen molar-refractivity contribution in [3.63, 3.8) is 0 Å². The van der Waals surface area contributed by atoms with Gasteiger partial charge in [0.05, 0.1) is 6.04 Å². The van der Waals surface area contributed by atoms with E-state index in [9.17, 15) is 13.2 Å². The van der Waals surface area contributed by atoms with Gasteiger partial charge in [0.25, 0.3) is 0 Å². The van der Waals surface area contributed by atoms with Gasteiger partial charge in [0.2, 0.25) is 0 Å². The molecule has 1 aromatic carbocycles. The fraction of sp³-hybridized carbons (Fsp3) is 0.0909. The van der Waals surface area contributed by atoms with Crippen molar-refractivity contribution in [2.24, 2.45) is 5.73 Å². The van der Waals surface area contributed by atoms with Gasteiger partial charge in [-0.05, 0) is 33.4 Å². The van der Waals surface area contributed by atoms with Crippen molar-refractivity contribution in [3.8, 4) is 0 Å². The van der Waals surface area contributed by atoms with Gasteiger partial charge in [-0.1, -0.05) is 0 Å². The largest absolute Gasteiger partial charge is 0.319 e. The molecule has 0 bridgehead atoms. The zero-order chi connectivity index (χ0) is 12.6. The third-order valence-corrected chi connectivity index (χ3v) is 4.26. The highest BCUT2D eigenvalue weighted by Crippen LogP contribution is 2.33. The Hall–Kier alpha value is -0.850. The van der Waals surface area contributed by atoms with E-state index in [1.807, 2.05) is 0 Å². The van der Waals surface area contributed by atoms with E-state index in [1.54, 1.807) is 11.4 Å². The maximum atomic E-state index is 13.5. The average Bonchev–Trinajstić information content (AvgIpc) is 2.69. The van der Waals surface area contributed by atoms with E-state index in [4.69, 9.17) is 5.73 Å². The van der Waals surface area contributed by atoms with Crippen molar-refractivity contribution in [1.82, 2.24) is 0 Å². The summed E-state index contributed by atoms with van der Waals surface area (Å²) >= 11 is 4.58. The van der Waals surface area contributed by atoms with Gasteiger partial charge in [0, 0.05) is 21.0 Å². The third kappa shape index (κ3) is 2.38. The lowest BCUT2D eigenvalue weighted by molar-refractivity contribution is 0.488. The second-order valence-electron chi connectivity index (χ2n) is 3.40. The summed E-state index contributed by atoms with van der Waals surface area (Å²) < 4.78 is 40.1. The molecule has 0 aliphatic heterocycles. The molecule has 1 aromatic heterocycles. The van der Waals surface area contributed by atoms with Crippen LogP contribution in [0.3, 0.4) is 0 Å². The van der Waals surface area contributed by atoms with E-state index in [-0.39, 0.29) is 5.56 Å². The number of rotatable bonds is 2. The fourth-order valence-electron chi connectivity index (χ4n) is 1.44. The predicted molar refractivity (Wildman–Crippen MR) is 64.4 cm³/mol. The summed E-state index contributed by atoms with van der Waals surface area (Å²) in [5.74, 6) is -3.18. The first-order valence-electron chi connectivity index (χ1n) is 4.63. The molecule has 0 radical (unpaired) electrons. The molecule has 0 spiro atoms. The molecule has 1 nitrogen and oxygen atoms in total. The molecule has 90 valence electrons. The quantitative estimate of drug-likeness (QED) is 0.832. The van der Waals surface area contributed by atoms with E-state index in [0.29, 0.717) is 10.9 Å². The van der Waals surface area contributed by atoms with E-state index >= 15 is 0 Å². The summed E-state index contributed by atoms with van der Waals surface area (Å²) in [4.78, 5) is 0.662. The molecule has 2 N–H and O–H groups in total. The lowest BCUT2D eigenvalue weighted by Gasteiger charge is -2.12. The maximum Gasteiger partial charge on any atom is 0.161 e. The summed E-state index contributed by atoms with van der Waals surface area (Å²) in [7, 11) is 0. The van der Waals surface area contributed by atoms with Crippen LogP contribution in [0.4, 0.5) is 13.2 Å². The molecule has 1 atom stereocenters. The van der Waals surface area contributed by atoms with Gasteiger partial charge in [-0.2, -0.15) is 0 Å². The first-order valence-corrected chi connectivity index (χ1v) is 6.31. The molecule has 0 saturated carbocycles. The third-order valence-electron chi connectivity index (χ3n) is 2.30. The topological polar surface area (TPSA) is 26.0 Å². The predicted octanol–water partition coefficient (Wildman–Crippen LogP) is 3.98. The molecule has 2 rings (SSSR count). The molecule has 1 heterocycles. The van der Waals surface area contributed by atoms with Gasteiger partial charge in [0.1, 0.15) is 5.82 Å². The Kier molecular flexibility index (Phi) is 3.56. The summed E-state index contributed by atoms with van der Waals surface area (Å²) in [5.41, 5.74) is 5.77. The number of thiophene rings is 1. The minimum absolute atomic E-state index is 0.0629. The van der Waals surface area contributed by atoms with Gasteiger partial charge in [0.15, 0.2) is 11.6 Å². The molecule has 0 saturated heterocycles. The van der Waals surface area contributed by atoms with Gasteiger partial charge in [-0.25, -0.2) is 13.2 Å². The Morgan fingerprint density at radius 1 is 1.12 bits per heavy atom. The summed E-state index contributed by atoms with van der Waals surface area (Å²) in [6.45, 7) is 0. The van der Waals surface area contributed by atoms with Crippen molar-refractivity contribution < 1.29 is 13.2 Å². The van der Waals surface area contributed by atoms with Crippen LogP contribution in [0.1, 0.15) is 16.5 Å². The average molecular weight is 322 g/mol. The highest BCUT2D eigenvalue weighted by atomic mass is 79.9. The molecular formula is C11H7BrF3NS. The van der Waals surface area contributed by atoms with Crippen molar-refractivity contribution >= 4 is 27.3 Å². The number of hydrogen-bond donors (Lipinski definition) is 1. The number of hydrogen-bond acceptors (Lipinski definition) is 2. The van der Waals surface area contributed by atoms with E-state index in [2.05, 4.69) is 15.9 Å². The van der Waals surface area contributed by atoms with Crippen molar-refractivity contribution in [2.45, 2.75) is 6.04 Å². The smallest absolute Gasteiger partial charge is 0.161 e. The Balaban J connectivity index is 2.48. The molecule has 0 aliphatic rings. The van der Waals surface area contributed by atoms with Crippen LogP contribution in [0.5, 0.6) is 0 Å². The number of nitrogens with two attached hydrogens (primary N) is 1. The molecule has 1 unspecified atom stereocenters. The van der Waals surface area contributed by atoms with Crippen LogP contribution in [0.15, 0.2) is 28.1 Å². The van der Waals surface area contributed by atoms with Crippen LogP contribution in [0.25, 0.3) is 0 Å². The Morgan fingerprint density at radius 2 is 1.76 bits per heavy atom. The van der Waals surface area contributed by atoms with E-state index < -0.39 is 23.5 Å². The highest BCUT2D eigenvalue weighted by Gasteiger charge is 2.19. The second kappa shape index (κ2) is 4.80. The Labute approximate surface area is 108 Å². The number of halogens is 4. The van der Waals surface area contributed by atoms with Crippen molar-refractivity contribution in [3.05, 3.63) is 55.9 Å². The van der Waals surface area contributed by atoms with E-state index in [0.717, 1.165) is 10.5 Å². The fourth-order valence-corrected chi connectivity index (χ4v) is 3.08. The van der Waals surface area contributed by atoms with Crippen LogP contribution in [-0.4, -0.2) is 0 Å². The minimum Gasteiger partial charge on any atom is -0.319 e. The van der Waals surface area contributed by atoms with Crippen molar-refractivity contribution in [1.29, 1.82) is 0 Å². The molecule has 2 aromatic rings. The van der Waals surface area contributed by atoms with Crippen molar-refractivity contribution in [2.75, 3.05) is 0 Å². The van der Waals surface area contributed by atoms with Gasteiger partial charge in [-0.3, -0.25) is 0 Å². The van der Waals surface area contributed by atoms with Crippen LogP contribution < -0.4 is 5.73 Å². The molecule has 6 heteroatoms. The van der Waals surface area contributed by atoms with Crippen LogP contribution >= 0.6 is 27.3 Å². The zero-order valence-electron chi connectivity index (χ0n) is 8.38. The molecule has 0 fully saturated rings. The lowest BCUT2D eigenvalue weighted by atomic mass is 10.1. The normalized spacial score (nSPS) is 12.8. The summed E-state index contributed by atoms with van der Waals surface area (Å²) in [6.07, 6.45) is 0. The Bertz CT molecular complexity index is 556. The maximum absolute atomic E-state index is 13.5. The first-order chi connectivity index (χ1) is 8.00. The second-order valence-corrected chi connectivity index (χ2v) is 5.20. The highest BCUT2D eigenvalue weighted by molar-refractivity contribution is 9.10. The molecule has 0 amide bonds. The SMILES string of the molecule is NC(c1cc(F)c(F)cc1F)c1sccc1Br. The van der Waals surface area contributed by atoms with Gasteiger partial charge >= 0.3 is 0 Å². The number of benzene rings is 1. The van der Waals surface area contributed by atoms with Crippen LogP contribution in [0, 0.1) is 17.5 Å². The van der Waals surface area contributed by atoms with Gasteiger partial charge < -0.3 is 5.73 Å². The molecule has 17 heavy (non-hydrogen) atoms. The molecule has 0 aliphatic carbocycles. The molecular weight excluding hydrogens is 315 g/mol. The monoisotopic (exact) mass is 321 g/mol. The van der Waals surface area contributed by atoms with Gasteiger partial charge in [-0.15, -0.1) is 11.3 Å². The van der Waals surface area contributed by atoms with Crippen LogP contribution in [0.2, 0.25) is 0 Å². The Morgan fingerprint density at radius 3 is 2.35 bits per heavy atom. The summed E-state index contributed by atoms with van der Waals surface area (Å²) in [6, 6.07) is 2.24. The summed E-state index contributed by atoms with van der Waals surface area (Å²) in [5, 5.41) is 1.77. The first kappa shape index (κ1) is 12.6. The minimum atomic E-state index is -1.22. The van der Waals surface area contributed by atoms with Crippen LogP contribution in [-0.2, 0) is 0 Å².